The molecule has 0 saturated heterocycles. The number of rotatable bonds is 5. The molecule has 1 saturated carbocycles. The minimum atomic E-state index is -0.687. The molecule has 0 spiro atoms. The standard InChI is InChI=1S/C23H21NO4/c25-14-16-6-8-18(13-19(16)15-4-2-1-3-5-15)24-22(28)23(10-11-23)17-7-9-20(26)21(27)12-17/h1-9,12-13,25-27H,10-11,14H2,(H,24,28). The average Bonchev–Trinajstić information content (AvgIpc) is 3.53. The average molecular weight is 375 g/mol. The number of anilines is 1. The number of aliphatic hydroxyl groups excluding tert-OH is 1. The highest BCUT2D eigenvalue weighted by Gasteiger charge is 2.51. The lowest BCUT2D eigenvalue weighted by atomic mass is 9.94. The number of carbonyl (C=O) groups excluding carboxylic acids is 1. The van der Waals surface area contributed by atoms with Crippen LogP contribution in [0, 0.1) is 0 Å². The molecule has 5 nitrogen and oxygen atoms in total. The van der Waals surface area contributed by atoms with Gasteiger partial charge < -0.3 is 20.6 Å². The Hall–Kier alpha value is -3.31. The second-order valence-electron chi connectivity index (χ2n) is 7.14. The van der Waals surface area contributed by atoms with Crippen LogP contribution in [-0.4, -0.2) is 21.2 Å². The van der Waals surface area contributed by atoms with Crippen molar-refractivity contribution in [1.29, 1.82) is 0 Å². The summed E-state index contributed by atoms with van der Waals surface area (Å²) in [7, 11) is 0. The number of amides is 1. The Morgan fingerprint density at radius 2 is 1.68 bits per heavy atom. The number of nitrogens with one attached hydrogen (secondary N) is 1. The summed E-state index contributed by atoms with van der Waals surface area (Å²) in [6.07, 6.45) is 1.37. The molecule has 0 bridgehead atoms. The van der Waals surface area contributed by atoms with Gasteiger partial charge in [-0.2, -0.15) is 0 Å². The molecule has 0 aliphatic heterocycles. The van der Waals surface area contributed by atoms with Crippen molar-refractivity contribution in [2.24, 2.45) is 0 Å². The molecule has 4 rings (SSSR count). The molecular formula is C23H21NO4. The van der Waals surface area contributed by atoms with E-state index in [1.54, 1.807) is 12.1 Å². The van der Waals surface area contributed by atoms with Crippen LogP contribution in [0.5, 0.6) is 11.5 Å². The maximum absolute atomic E-state index is 13.0. The highest BCUT2D eigenvalue weighted by Crippen LogP contribution is 2.50. The first kappa shape index (κ1) is 18.1. The second-order valence-corrected chi connectivity index (χ2v) is 7.14. The number of aliphatic hydroxyl groups is 1. The van der Waals surface area contributed by atoms with E-state index in [0.717, 1.165) is 16.7 Å². The van der Waals surface area contributed by atoms with Gasteiger partial charge in [0.1, 0.15) is 0 Å². The molecule has 1 aliphatic rings. The van der Waals surface area contributed by atoms with Gasteiger partial charge in [-0.25, -0.2) is 0 Å². The molecule has 0 aromatic heterocycles. The van der Waals surface area contributed by atoms with Gasteiger partial charge in [-0.15, -0.1) is 0 Å². The lowest BCUT2D eigenvalue weighted by molar-refractivity contribution is -0.118. The molecule has 1 amide bonds. The summed E-state index contributed by atoms with van der Waals surface area (Å²) in [5.41, 5.74) is 3.27. The van der Waals surface area contributed by atoms with E-state index in [1.165, 1.54) is 12.1 Å². The smallest absolute Gasteiger partial charge is 0.235 e. The first-order chi connectivity index (χ1) is 13.5. The van der Waals surface area contributed by atoms with E-state index in [1.807, 2.05) is 42.5 Å². The van der Waals surface area contributed by atoms with Gasteiger partial charge in [-0.1, -0.05) is 42.5 Å². The summed E-state index contributed by atoms with van der Waals surface area (Å²) in [5.74, 6) is -0.573. The largest absolute Gasteiger partial charge is 0.504 e. The number of aromatic hydroxyl groups is 2. The van der Waals surface area contributed by atoms with E-state index in [0.29, 0.717) is 24.1 Å². The van der Waals surface area contributed by atoms with E-state index in [4.69, 9.17) is 0 Å². The molecule has 142 valence electrons. The normalized spacial score (nSPS) is 14.5. The summed E-state index contributed by atoms with van der Waals surface area (Å²) in [6, 6.07) is 19.7. The van der Waals surface area contributed by atoms with Crippen LogP contribution in [-0.2, 0) is 16.8 Å². The van der Waals surface area contributed by atoms with Crippen LogP contribution in [0.15, 0.2) is 66.7 Å². The van der Waals surface area contributed by atoms with Crippen LogP contribution < -0.4 is 5.32 Å². The van der Waals surface area contributed by atoms with Crippen molar-refractivity contribution in [3.05, 3.63) is 77.9 Å². The minimum Gasteiger partial charge on any atom is -0.504 e. The van der Waals surface area contributed by atoms with E-state index in [-0.39, 0.29) is 24.0 Å². The number of phenols is 2. The van der Waals surface area contributed by atoms with Gasteiger partial charge in [0.15, 0.2) is 11.5 Å². The highest BCUT2D eigenvalue weighted by atomic mass is 16.3. The van der Waals surface area contributed by atoms with E-state index < -0.39 is 5.41 Å². The molecule has 3 aromatic rings. The van der Waals surface area contributed by atoms with E-state index in [9.17, 15) is 20.1 Å². The van der Waals surface area contributed by atoms with Gasteiger partial charge >= 0.3 is 0 Å². The third-order valence-corrected chi connectivity index (χ3v) is 5.34. The molecule has 0 heterocycles. The zero-order chi connectivity index (χ0) is 19.7. The zero-order valence-corrected chi connectivity index (χ0v) is 15.2. The first-order valence-corrected chi connectivity index (χ1v) is 9.16. The third kappa shape index (κ3) is 3.21. The number of benzene rings is 3. The van der Waals surface area contributed by atoms with Crippen molar-refractivity contribution in [2.45, 2.75) is 24.9 Å². The Labute approximate surface area is 162 Å². The van der Waals surface area contributed by atoms with Crippen molar-refractivity contribution >= 4 is 11.6 Å². The fourth-order valence-corrected chi connectivity index (χ4v) is 3.52. The van der Waals surface area contributed by atoms with Gasteiger partial charge in [0.25, 0.3) is 0 Å². The van der Waals surface area contributed by atoms with Gasteiger partial charge in [-0.3, -0.25) is 4.79 Å². The Kier molecular flexibility index (Phi) is 4.53. The topological polar surface area (TPSA) is 89.8 Å². The van der Waals surface area contributed by atoms with Crippen LogP contribution in [0.25, 0.3) is 11.1 Å². The minimum absolute atomic E-state index is 0.0881. The van der Waals surface area contributed by atoms with Crippen molar-refractivity contribution in [3.8, 4) is 22.6 Å². The molecule has 28 heavy (non-hydrogen) atoms. The molecule has 0 radical (unpaired) electrons. The molecule has 0 atom stereocenters. The quantitative estimate of drug-likeness (QED) is 0.509. The van der Waals surface area contributed by atoms with Gasteiger partial charge in [0, 0.05) is 5.69 Å². The molecule has 4 N–H and O–H groups in total. The summed E-state index contributed by atoms with van der Waals surface area (Å²) < 4.78 is 0. The Balaban J connectivity index is 1.62. The Morgan fingerprint density at radius 3 is 2.32 bits per heavy atom. The van der Waals surface area contributed by atoms with Crippen LogP contribution in [0.2, 0.25) is 0 Å². The van der Waals surface area contributed by atoms with Crippen molar-refractivity contribution in [2.75, 3.05) is 5.32 Å². The first-order valence-electron chi connectivity index (χ1n) is 9.16. The zero-order valence-electron chi connectivity index (χ0n) is 15.2. The van der Waals surface area contributed by atoms with Crippen LogP contribution in [0.4, 0.5) is 5.69 Å². The molecule has 1 aliphatic carbocycles. The molecular weight excluding hydrogens is 354 g/mol. The SMILES string of the molecule is O=C(Nc1ccc(CO)c(-c2ccccc2)c1)C1(c2ccc(O)c(O)c2)CC1. The summed E-state index contributed by atoms with van der Waals surface area (Å²) in [5, 5.41) is 31.9. The maximum atomic E-state index is 13.0. The molecule has 1 fully saturated rings. The predicted molar refractivity (Wildman–Crippen MR) is 107 cm³/mol. The predicted octanol–water partition coefficient (Wildman–Crippen LogP) is 3.93. The molecule has 5 heteroatoms. The highest BCUT2D eigenvalue weighted by molar-refractivity contribution is 6.02. The number of hydrogen-bond donors (Lipinski definition) is 4. The van der Waals surface area contributed by atoms with E-state index >= 15 is 0 Å². The van der Waals surface area contributed by atoms with E-state index in [2.05, 4.69) is 5.32 Å². The second kappa shape index (κ2) is 7.02. The van der Waals surface area contributed by atoms with Crippen molar-refractivity contribution in [3.63, 3.8) is 0 Å². The lowest BCUT2D eigenvalue weighted by Gasteiger charge is -2.17. The van der Waals surface area contributed by atoms with Gasteiger partial charge in [0.2, 0.25) is 5.91 Å². The van der Waals surface area contributed by atoms with Crippen LogP contribution >= 0.6 is 0 Å². The number of phenolic OH excluding ortho intramolecular Hbond substituents is 2. The van der Waals surface area contributed by atoms with Gasteiger partial charge in [0.05, 0.1) is 12.0 Å². The van der Waals surface area contributed by atoms with Crippen molar-refractivity contribution in [1.82, 2.24) is 0 Å². The monoisotopic (exact) mass is 375 g/mol. The van der Waals surface area contributed by atoms with Crippen LogP contribution in [0.1, 0.15) is 24.0 Å². The lowest BCUT2D eigenvalue weighted by Crippen LogP contribution is -2.27. The summed E-state index contributed by atoms with van der Waals surface area (Å²) >= 11 is 0. The Bertz CT molecular complexity index is 1030. The summed E-state index contributed by atoms with van der Waals surface area (Å²) in [4.78, 5) is 13.0. The molecule has 0 unspecified atom stereocenters. The number of carbonyl (C=O) groups is 1. The van der Waals surface area contributed by atoms with Gasteiger partial charge in [-0.05, 0) is 59.4 Å². The Morgan fingerprint density at radius 1 is 0.929 bits per heavy atom. The fraction of sp³-hybridized carbons (Fsp3) is 0.174. The maximum Gasteiger partial charge on any atom is 0.235 e. The third-order valence-electron chi connectivity index (χ3n) is 5.34. The molecule has 3 aromatic carbocycles. The fourth-order valence-electron chi connectivity index (χ4n) is 3.52. The van der Waals surface area contributed by atoms with Crippen LogP contribution in [0.3, 0.4) is 0 Å². The summed E-state index contributed by atoms with van der Waals surface area (Å²) in [6.45, 7) is -0.0881. The van der Waals surface area contributed by atoms with Crippen molar-refractivity contribution < 1.29 is 20.1 Å². The number of hydrogen-bond acceptors (Lipinski definition) is 4.